The Bertz CT molecular complexity index is 1110. The first-order valence-electron chi connectivity index (χ1n) is 9.29. The molecule has 0 spiro atoms. The van der Waals surface area contributed by atoms with E-state index >= 15 is 0 Å². The molecule has 1 amide bonds. The van der Waals surface area contributed by atoms with Crippen LogP contribution in [0.5, 0.6) is 11.5 Å². The number of carbonyl (C=O) groups is 1. The van der Waals surface area contributed by atoms with Gasteiger partial charge in [-0.1, -0.05) is 54.7 Å². The summed E-state index contributed by atoms with van der Waals surface area (Å²) in [5.41, 5.74) is 2.68. The summed E-state index contributed by atoms with van der Waals surface area (Å²) in [5, 5.41) is 13.8. The predicted octanol–water partition coefficient (Wildman–Crippen LogP) is 5.24. The fraction of sp³-hybridized carbons (Fsp3) is 0.174. The molecule has 152 valence electrons. The van der Waals surface area contributed by atoms with Crippen molar-refractivity contribution in [2.24, 2.45) is 0 Å². The number of carbonyl (C=O) groups excluding carboxylic acids is 1. The highest BCUT2D eigenvalue weighted by Crippen LogP contribution is 2.37. The number of methoxy groups -OCH3 is 2. The zero-order valence-electron chi connectivity index (χ0n) is 16.9. The van der Waals surface area contributed by atoms with Crippen molar-refractivity contribution in [1.29, 1.82) is 5.26 Å². The quantitative estimate of drug-likeness (QED) is 0.530. The second-order valence-electron chi connectivity index (χ2n) is 6.25. The van der Waals surface area contributed by atoms with Crippen molar-refractivity contribution in [3.63, 3.8) is 0 Å². The van der Waals surface area contributed by atoms with E-state index < -0.39 is 0 Å². The molecule has 1 aromatic heterocycles. The maximum atomic E-state index is 12.0. The Morgan fingerprint density at radius 3 is 2.53 bits per heavy atom. The lowest BCUT2D eigenvalue weighted by atomic mass is 10.1. The lowest BCUT2D eigenvalue weighted by molar-refractivity contribution is -0.115. The number of rotatable bonds is 7. The molecule has 1 N–H and O–H groups in total. The van der Waals surface area contributed by atoms with E-state index in [0.717, 1.165) is 11.1 Å². The number of amides is 1. The van der Waals surface area contributed by atoms with Crippen LogP contribution in [0.3, 0.4) is 0 Å². The summed E-state index contributed by atoms with van der Waals surface area (Å²) < 4.78 is 10.6. The molecule has 0 saturated heterocycles. The van der Waals surface area contributed by atoms with Crippen LogP contribution in [0, 0.1) is 11.3 Å². The summed E-state index contributed by atoms with van der Waals surface area (Å²) in [5.74, 6) is 1.08. The van der Waals surface area contributed by atoms with Crippen molar-refractivity contribution in [2.45, 2.75) is 13.3 Å². The van der Waals surface area contributed by atoms with Gasteiger partial charge in [-0.2, -0.15) is 5.26 Å². The monoisotopic (exact) mass is 419 g/mol. The van der Waals surface area contributed by atoms with Gasteiger partial charge in [-0.05, 0) is 23.8 Å². The summed E-state index contributed by atoms with van der Waals surface area (Å²) in [7, 11) is 3.13. The average Bonchev–Trinajstić information content (AvgIpc) is 3.21. The molecule has 3 rings (SSSR count). The fourth-order valence-corrected chi connectivity index (χ4v) is 3.75. The van der Waals surface area contributed by atoms with Crippen LogP contribution < -0.4 is 14.8 Å². The molecule has 7 heteroatoms. The molecule has 1 heterocycles. The molecule has 6 nitrogen and oxygen atoms in total. The van der Waals surface area contributed by atoms with Gasteiger partial charge in [0.05, 0.1) is 19.8 Å². The Hall–Kier alpha value is -3.63. The van der Waals surface area contributed by atoms with Gasteiger partial charge in [-0.25, -0.2) is 4.98 Å². The van der Waals surface area contributed by atoms with E-state index in [1.54, 1.807) is 39.4 Å². The number of thiazole rings is 1. The number of hydrogen-bond donors (Lipinski definition) is 1. The summed E-state index contributed by atoms with van der Waals surface area (Å²) in [6, 6.07) is 17.2. The number of ether oxygens (including phenoxy) is 2. The van der Waals surface area contributed by atoms with Crippen LogP contribution in [0.1, 0.15) is 23.9 Å². The van der Waals surface area contributed by atoms with Gasteiger partial charge in [0.2, 0.25) is 5.91 Å². The molecule has 0 aliphatic carbocycles. The fourth-order valence-electron chi connectivity index (χ4n) is 2.78. The molecule has 0 aliphatic rings. The zero-order chi connectivity index (χ0) is 21.5. The molecule has 0 aliphatic heterocycles. The summed E-state index contributed by atoms with van der Waals surface area (Å²) in [4.78, 5) is 16.7. The maximum absolute atomic E-state index is 12.0. The second-order valence-corrected chi connectivity index (χ2v) is 7.25. The molecule has 0 bridgehead atoms. The van der Waals surface area contributed by atoms with Gasteiger partial charge >= 0.3 is 0 Å². The van der Waals surface area contributed by atoms with E-state index in [9.17, 15) is 10.1 Å². The van der Waals surface area contributed by atoms with Crippen molar-refractivity contribution in [1.82, 2.24) is 4.98 Å². The number of nitrogens with zero attached hydrogens (tertiary/aromatic N) is 2. The van der Waals surface area contributed by atoms with Gasteiger partial charge in [0, 0.05) is 12.0 Å². The number of anilines is 1. The second kappa shape index (κ2) is 9.72. The Kier molecular flexibility index (Phi) is 6.83. The standard InChI is InChI=1S/C23H21N3O3S/c1-4-20(27)25-23-21(16-8-6-5-7-9-16)26-22(30-23)17(14-24)12-15-10-11-18(28-2)19(13-15)29-3/h5-13H,4H2,1-3H3,(H,25,27)/b17-12+. The number of benzene rings is 2. The van der Waals surface area contributed by atoms with E-state index in [2.05, 4.69) is 16.4 Å². The predicted molar refractivity (Wildman–Crippen MR) is 120 cm³/mol. The van der Waals surface area contributed by atoms with E-state index in [4.69, 9.17) is 9.47 Å². The average molecular weight is 420 g/mol. The largest absolute Gasteiger partial charge is 0.493 e. The Morgan fingerprint density at radius 1 is 1.17 bits per heavy atom. The van der Waals surface area contributed by atoms with Crippen LogP contribution in [0.15, 0.2) is 48.5 Å². The highest BCUT2D eigenvalue weighted by atomic mass is 32.1. The van der Waals surface area contributed by atoms with Crippen LogP contribution >= 0.6 is 11.3 Å². The van der Waals surface area contributed by atoms with Crippen LogP contribution in [0.2, 0.25) is 0 Å². The molecule has 30 heavy (non-hydrogen) atoms. The first-order chi connectivity index (χ1) is 14.6. The lowest BCUT2D eigenvalue weighted by Crippen LogP contribution is -2.08. The third-order valence-electron chi connectivity index (χ3n) is 4.32. The van der Waals surface area contributed by atoms with Crippen LogP contribution in [-0.2, 0) is 4.79 Å². The van der Waals surface area contributed by atoms with Crippen molar-refractivity contribution < 1.29 is 14.3 Å². The molecular weight excluding hydrogens is 398 g/mol. The first-order valence-corrected chi connectivity index (χ1v) is 10.1. The summed E-state index contributed by atoms with van der Waals surface area (Å²) >= 11 is 1.28. The lowest BCUT2D eigenvalue weighted by Gasteiger charge is -2.07. The van der Waals surface area contributed by atoms with Gasteiger partial charge < -0.3 is 14.8 Å². The molecule has 0 saturated carbocycles. The minimum Gasteiger partial charge on any atom is -0.493 e. The maximum Gasteiger partial charge on any atom is 0.224 e. The third-order valence-corrected chi connectivity index (χ3v) is 5.32. The highest BCUT2D eigenvalue weighted by molar-refractivity contribution is 7.17. The van der Waals surface area contributed by atoms with Gasteiger partial charge in [0.1, 0.15) is 21.8 Å². The molecule has 0 radical (unpaired) electrons. The molecule has 3 aromatic rings. The van der Waals surface area contributed by atoms with Gasteiger partial charge in [-0.3, -0.25) is 4.79 Å². The van der Waals surface area contributed by atoms with Crippen LogP contribution in [0.4, 0.5) is 5.00 Å². The van der Waals surface area contributed by atoms with Crippen LogP contribution in [0.25, 0.3) is 22.9 Å². The zero-order valence-corrected chi connectivity index (χ0v) is 17.7. The smallest absolute Gasteiger partial charge is 0.224 e. The van der Waals surface area contributed by atoms with Crippen molar-refractivity contribution >= 4 is 33.9 Å². The molecule has 2 aromatic carbocycles. The molecule has 0 unspecified atom stereocenters. The number of hydrogen-bond acceptors (Lipinski definition) is 6. The minimum absolute atomic E-state index is 0.107. The topological polar surface area (TPSA) is 84.2 Å². The Morgan fingerprint density at radius 2 is 1.90 bits per heavy atom. The van der Waals surface area contributed by atoms with E-state index in [1.165, 1.54) is 11.3 Å². The van der Waals surface area contributed by atoms with Gasteiger partial charge in [-0.15, -0.1) is 0 Å². The Balaban J connectivity index is 2.06. The number of nitriles is 1. The number of aromatic nitrogens is 1. The molecule has 0 fully saturated rings. The van der Waals surface area contributed by atoms with Crippen molar-refractivity contribution in [3.05, 3.63) is 59.1 Å². The normalized spacial score (nSPS) is 10.9. The SMILES string of the molecule is CCC(=O)Nc1sc(/C(C#N)=C/c2ccc(OC)c(OC)c2)nc1-c1ccccc1. The van der Waals surface area contributed by atoms with E-state index in [-0.39, 0.29) is 5.91 Å². The third kappa shape index (κ3) is 4.67. The highest BCUT2D eigenvalue weighted by Gasteiger charge is 2.17. The van der Waals surface area contributed by atoms with E-state index in [1.807, 2.05) is 36.4 Å². The van der Waals surface area contributed by atoms with Crippen molar-refractivity contribution in [2.75, 3.05) is 19.5 Å². The Labute approximate surface area is 179 Å². The van der Waals surface area contributed by atoms with Gasteiger partial charge in [0.25, 0.3) is 0 Å². The summed E-state index contributed by atoms with van der Waals surface area (Å²) in [6.45, 7) is 1.79. The number of nitrogens with one attached hydrogen (secondary N) is 1. The van der Waals surface area contributed by atoms with E-state index in [0.29, 0.717) is 39.2 Å². The van der Waals surface area contributed by atoms with Gasteiger partial charge in [0.15, 0.2) is 11.5 Å². The minimum atomic E-state index is -0.107. The number of allylic oxidation sites excluding steroid dienone is 1. The molecule has 0 atom stereocenters. The van der Waals surface area contributed by atoms with Crippen LogP contribution in [-0.4, -0.2) is 25.1 Å². The summed E-state index contributed by atoms with van der Waals surface area (Å²) in [6.07, 6.45) is 2.09. The molecular formula is C23H21N3O3S. The first kappa shape index (κ1) is 21.1. The van der Waals surface area contributed by atoms with Crippen molar-refractivity contribution in [3.8, 4) is 28.8 Å².